The van der Waals surface area contributed by atoms with Crippen LogP contribution < -0.4 is 11.1 Å². The topological polar surface area (TPSA) is 68.0 Å². The minimum Gasteiger partial charge on any atom is -0.383 e. The molecule has 0 bridgehead atoms. The van der Waals surface area contributed by atoms with E-state index in [-0.39, 0.29) is 11.8 Å². The first kappa shape index (κ1) is 10.7. The van der Waals surface area contributed by atoms with Crippen molar-refractivity contribution in [1.29, 1.82) is 0 Å². The van der Waals surface area contributed by atoms with E-state index in [1.807, 2.05) is 13.8 Å². The van der Waals surface area contributed by atoms with Crippen LogP contribution in [0.15, 0.2) is 18.3 Å². The van der Waals surface area contributed by atoms with E-state index in [2.05, 4.69) is 10.3 Å². The van der Waals surface area contributed by atoms with Crippen molar-refractivity contribution in [3.63, 3.8) is 0 Å². The van der Waals surface area contributed by atoms with Gasteiger partial charge in [0.2, 0.25) is 0 Å². The zero-order valence-electron chi connectivity index (χ0n) is 8.45. The molecule has 4 nitrogen and oxygen atoms in total. The Balaban J connectivity index is 2.65. The molecule has 0 unspecified atom stereocenters. The van der Waals surface area contributed by atoms with Crippen LogP contribution in [0.4, 0.5) is 5.82 Å². The molecule has 0 aromatic carbocycles. The van der Waals surface area contributed by atoms with Crippen molar-refractivity contribution in [3.8, 4) is 0 Å². The van der Waals surface area contributed by atoms with Crippen LogP contribution in [0, 0.1) is 0 Å². The first-order valence-corrected chi connectivity index (χ1v) is 4.58. The molecule has 0 atom stereocenters. The standard InChI is InChI=1S/C10H15N3O/c1-7(2)13-6-9(14)8-4-3-5-12-10(8)11/h3-5,7,13H,6H2,1-2H3,(H2,11,12). The lowest BCUT2D eigenvalue weighted by Crippen LogP contribution is -2.29. The first-order valence-electron chi connectivity index (χ1n) is 4.58. The fourth-order valence-corrected chi connectivity index (χ4v) is 1.05. The monoisotopic (exact) mass is 193 g/mol. The zero-order chi connectivity index (χ0) is 10.6. The number of ketones is 1. The fraction of sp³-hybridized carbons (Fsp3) is 0.400. The number of anilines is 1. The highest BCUT2D eigenvalue weighted by molar-refractivity contribution is 6.01. The van der Waals surface area contributed by atoms with Crippen LogP contribution in [-0.4, -0.2) is 23.4 Å². The summed E-state index contributed by atoms with van der Waals surface area (Å²) in [5.41, 5.74) is 6.05. The number of nitrogens with one attached hydrogen (secondary N) is 1. The van der Waals surface area contributed by atoms with Gasteiger partial charge in [0.15, 0.2) is 5.78 Å². The summed E-state index contributed by atoms with van der Waals surface area (Å²) in [5.74, 6) is 0.271. The summed E-state index contributed by atoms with van der Waals surface area (Å²) < 4.78 is 0. The zero-order valence-corrected chi connectivity index (χ0v) is 8.45. The maximum absolute atomic E-state index is 11.6. The van der Waals surface area contributed by atoms with Gasteiger partial charge in [-0.1, -0.05) is 13.8 Å². The van der Waals surface area contributed by atoms with Crippen LogP contribution in [0.3, 0.4) is 0 Å². The lowest BCUT2D eigenvalue weighted by Gasteiger charge is -2.07. The fourth-order valence-electron chi connectivity index (χ4n) is 1.05. The molecule has 1 aromatic heterocycles. The second kappa shape index (κ2) is 4.72. The molecule has 0 aliphatic heterocycles. The molecule has 0 spiro atoms. The summed E-state index contributed by atoms with van der Waals surface area (Å²) in [7, 11) is 0. The molecule has 3 N–H and O–H groups in total. The van der Waals surface area contributed by atoms with Gasteiger partial charge in [-0.25, -0.2) is 4.98 Å². The van der Waals surface area contributed by atoms with E-state index in [1.165, 1.54) is 0 Å². The quantitative estimate of drug-likeness (QED) is 0.695. The summed E-state index contributed by atoms with van der Waals surface area (Å²) >= 11 is 0. The van der Waals surface area contributed by atoms with Gasteiger partial charge in [0, 0.05) is 12.2 Å². The second-order valence-corrected chi connectivity index (χ2v) is 3.39. The number of aromatic nitrogens is 1. The van der Waals surface area contributed by atoms with Crippen molar-refractivity contribution in [2.45, 2.75) is 19.9 Å². The molecule has 0 saturated heterocycles. The third-order valence-electron chi connectivity index (χ3n) is 1.81. The Morgan fingerprint density at radius 2 is 2.36 bits per heavy atom. The minimum absolute atomic E-state index is 0.0238. The number of pyridine rings is 1. The van der Waals surface area contributed by atoms with Crippen molar-refractivity contribution in [1.82, 2.24) is 10.3 Å². The molecule has 0 fully saturated rings. The predicted molar refractivity (Wildman–Crippen MR) is 56.1 cm³/mol. The largest absolute Gasteiger partial charge is 0.383 e. The molecule has 1 aromatic rings. The van der Waals surface area contributed by atoms with E-state index < -0.39 is 0 Å². The molecule has 0 aliphatic carbocycles. The van der Waals surface area contributed by atoms with E-state index in [0.29, 0.717) is 17.9 Å². The number of nitrogens with two attached hydrogens (primary N) is 1. The summed E-state index contributed by atoms with van der Waals surface area (Å²) in [6, 6.07) is 3.68. The van der Waals surface area contributed by atoms with Gasteiger partial charge in [-0.2, -0.15) is 0 Å². The molecule has 0 aliphatic rings. The van der Waals surface area contributed by atoms with Crippen LogP contribution in [0.25, 0.3) is 0 Å². The number of carbonyl (C=O) groups is 1. The molecular weight excluding hydrogens is 178 g/mol. The second-order valence-electron chi connectivity index (χ2n) is 3.39. The van der Waals surface area contributed by atoms with Gasteiger partial charge in [0.05, 0.1) is 12.1 Å². The van der Waals surface area contributed by atoms with E-state index in [9.17, 15) is 4.79 Å². The minimum atomic E-state index is -0.0238. The number of nitrogen functional groups attached to an aromatic ring is 1. The Kier molecular flexibility index (Phi) is 3.59. The summed E-state index contributed by atoms with van der Waals surface area (Å²) in [4.78, 5) is 15.4. The summed E-state index contributed by atoms with van der Waals surface area (Å²) in [6.07, 6.45) is 1.57. The average molecular weight is 193 g/mol. The number of Topliss-reactive ketones (excluding diaryl/α,β-unsaturated/α-hetero) is 1. The number of hydrogen-bond acceptors (Lipinski definition) is 4. The Hall–Kier alpha value is -1.42. The maximum atomic E-state index is 11.6. The Labute approximate surface area is 83.5 Å². The smallest absolute Gasteiger partial charge is 0.180 e. The highest BCUT2D eigenvalue weighted by Gasteiger charge is 2.09. The third-order valence-corrected chi connectivity index (χ3v) is 1.81. The summed E-state index contributed by atoms with van der Waals surface area (Å²) in [5, 5.41) is 3.04. The van der Waals surface area contributed by atoms with Crippen molar-refractivity contribution < 1.29 is 4.79 Å². The van der Waals surface area contributed by atoms with E-state index in [4.69, 9.17) is 5.73 Å². The number of carbonyl (C=O) groups excluding carboxylic acids is 1. The van der Waals surface area contributed by atoms with Gasteiger partial charge in [0.25, 0.3) is 0 Å². The highest BCUT2D eigenvalue weighted by atomic mass is 16.1. The lowest BCUT2D eigenvalue weighted by atomic mass is 10.1. The number of nitrogens with zero attached hydrogens (tertiary/aromatic N) is 1. The number of hydrogen-bond donors (Lipinski definition) is 2. The van der Waals surface area contributed by atoms with Crippen molar-refractivity contribution in [2.75, 3.05) is 12.3 Å². The Bertz CT molecular complexity index is 323. The average Bonchev–Trinajstić information content (AvgIpc) is 2.15. The van der Waals surface area contributed by atoms with Gasteiger partial charge in [0.1, 0.15) is 5.82 Å². The highest BCUT2D eigenvalue weighted by Crippen LogP contribution is 2.06. The molecule has 14 heavy (non-hydrogen) atoms. The van der Waals surface area contributed by atoms with Crippen molar-refractivity contribution in [3.05, 3.63) is 23.9 Å². The van der Waals surface area contributed by atoms with E-state index >= 15 is 0 Å². The van der Waals surface area contributed by atoms with Crippen LogP contribution in [-0.2, 0) is 0 Å². The van der Waals surface area contributed by atoms with Gasteiger partial charge < -0.3 is 11.1 Å². The van der Waals surface area contributed by atoms with Crippen LogP contribution in [0.2, 0.25) is 0 Å². The normalized spacial score (nSPS) is 10.5. The maximum Gasteiger partial charge on any atom is 0.180 e. The molecule has 0 amide bonds. The lowest BCUT2D eigenvalue weighted by molar-refractivity contribution is 0.0989. The van der Waals surface area contributed by atoms with Crippen molar-refractivity contribution >= 4 is 11.6 Å². The molecule has 0 saturated carbocycles. The first-order chi connectivity index (χ1) is 6.61. The van der Waals surface area contributed by atoms with Crippen LogP contribution >= 0.6 is 0 Å². The van der Waals surface area contributed by atoms with Crippen molar-refractivity contribution in [2.24, 2.45) is 0 Å². The molecule has 76 valence electrons. The molecule has 4 heteroatoms. The van der Waals surface area contributed by atoms with Crippen LogP contribution in [0.5, 0.6) is 0 Å². The summed E-state index contributed by atoms with van der Waals surface area (Å²) in [6.45, 7) is 4.27. The Morgan fingerprint density at radius 3 is 2.93 bits per heavy atom. The van der Waals surface area contributed by atoms with Crippen LogP contribution in [0.1, 0.15) is 24.2 Å². The molecular formula is C10H15N3O. The van der Waals surface area contributed by atoms with Gasteiger partial charge in [-0.05, 0) is 12.1 Å². The third kappa shape index (κ3) is 2.81. The molecule has 1 heterocycles. The van der Waals surface area contributed by atoms with E-state index in [1.54, 1.807) is 18.3 Å². The molecule has 0 radical (unpaired) electrons. The van der Waals surface area contributed by atoms with Gasteiger partial charge in [-0.3, -0.25) is 4.79 Å². The Morgan fingerprint density at radius 1 is 1.64 bits per heavy atom. The van der Waals surface area contributed by atoms with E-state index in [0.717, 1.165) is 0 Å². The van der Waals surface area contributed by atoms with Gasteiger partial charge in [-0.15, -0.1) is 0 Å². The van der Waals surface area contributed by atoms with Gasteiger partial charge >= 0.3 is 0 Å². The number of rotatable bonds is 4. The SMILES string of the molecule is CC(C)NCC(=O)c1cccnc1N. The molecule has 1 rings (SSSR count). The predicted octanol–water partition coefficient (Wildman–Crippen LogP) is 0.845.